The third kappa shape index (κ3) is 12.1. The molecule has 8 rings (SSSR count). The molecule has 4 aromatic heterocycles. The number of carbonyl (C=O) groups excluding carboxylic acids is 4. The topological polar surface area (TPSA) is 157 Å². The van der Waals surface area contributed by atoms with Gasteiger partial charge in [0.05, 0.1) is 38.5 Å². The number of aromatic nitrogens is 2. The average molecular weight is 992 g/mol. The van der Waals surface area contributed by atoms with Crippen LogP contribution in [0.15, 0.2) is 49.1 Å². The van der Waals surface area contributed by atoms with Crippen LogP contribution >= 0.6 is 68.5 Å². The smallest absolute Gasteiger partial charge is 0.410 e. The van der Waals surface area contributed by atoms with E-state index in [0.29, 0.717) is 70.9 Å². The molecule has 64 heavy (non-hydrogen) atoms. The first-order valence-electron chi connectivity index (χ1n) is 19.9. The zero-order valence-electron chi connectivity index (χ0n) is 35.9. The summed E-state index contributed by atoms with van der Waals surface area (Å²) in [6, 6.07) is 9.14. The normalized spacial score (nSPS) is 13.5. The minimum absolute atomic E-state index is 0.267. The van der Waals surface area contributed by atoms with Crippen LogP contribution < -0.4 is 11.1 Å². The fourth-order valence-corrected chi connectivity index (χ4v) is 11.5. The third-order valence-electron chi connectivity index (χ3n) is 9.28. The van der Waals surface area contributed by atoms with Crippen molar-refractivity contribution in [1.29, 1.82) is 0 Å². The molecule has 20 heteroatoms. The van der Waals surface area contributed by atoms with Crippen molar-refractivity contribution in [3.05, 3.63) is 81.6 Å². The van der Waals surface area contributed by atoms with E-state index in [-0.39, 0.29) is 41.4 Å². The number of nitrogens with one attached hydrogen (secondary N) is 1. The van der Waals surface area contributed by atoms with E-state index in [1.165, 1.54) is 75.7 Å². The van der Waals surface area contributed by atoms with E-state index in [1.54, 1.807) is 21.9 Å². The van der Waals surface area contributed by atoms with E-state index >= 15 is 0 Å². The summed E-state index contributed by atoms with van der Waals surface area (Å²) in [6.45, 7) is 16.6. The van der Waals surface area contributed by atoms with Gasteiger partial charge in [0.1, 0.15) is 37.9 Å². The summed E-state index contributed by atoms with van der Waals surface area (Å²) in [5, 5.41) is 5.36. The van der Waals surface area contributed by atoms with E-state index in [9.17, 15) is 28.0 Å². The van der Waals surface area contributed by atoms with Gasteiger partial charge in [-0.1, -0.05) is 6.58 Å². The third-order valence-corrected chi connectivity index (χ3v) is 13.9. The van der Waals surface area contributed by atoms with Crippen LogP contribution in [0, 0.1) is 11.6 Å². The Morgan fingerprint density at radius 2 is 1.27 bits per heavy atom. The minimum atomic E-state index is -0.572. The standard InChI is InChI=1S/C22H22FN3O3S2.C19H20FN3O2S2.C3H4Cl2O/c1-5-17(27)25-20-18(19-24-14-10-12(23)6-7-15(14)30-19)13-8-9-26(11-16(13)31-20)21(28)29-22(2,3)4;1-19(2,3)25-18(24)23-7-6-11-14(9-23)26-16(21)15(11)17-22-12-8-10(20)4-5-13(12)27-17;4-2-1-3(5)6/h5-7,10H,1,8-9,11H2,2-4H3,(H,25,27);4-5,8H,6-7,9,21H2,1-3H3;1-2H2. The Labute approximate surface area is 395 Å². The highest BCUT2D eigenvalue weighted by Crippen LogP contribution is 2.47. The number of hydrogen-bond donors (Lipinski definition) is 2. The fourth-order valence-electron chi connectivity index (χ4n) is 6.59. The summed E-state index contributed by atoms with van der Waals surface area (Å²) < 4.78 is 39.9. The van der Waals surface area contributed by atoms with Crippen LogP contribution in [0.2, 0.25) is 0 Å². The number of nitrogens with zero attached hydrogens (tertiary/aromatic N) is 4. The SMILES string of the molecule is C=CC(=O)Nc1sc2c(c1-c1nc3cc(F)ccc3s1)CCN(C(=O)OC(C)(C)C)C2.CC(C)(C)OC(=O)N1CCc2c(sc(N)c2-c2nc3cc(F)ccc3s2)C1.O=C(Cl)CCCl. The van der Waals surface area contributed by atoms with Crippen molar-refractivity contribution in [3.63, 3.8) is 0 Å². The molecule has 340 valence electrons. The summed E-state index contributed by atoms with van der Waals surface area (Å²) in [6.07, 6.45) is 2.11. The summed E-state index contributed by atoms with van der Waals surface area (Å²) in [4.78, 5) is 61.3. The lowest BCUT2D eigenvalue weighted by Crippen LogP contribution is -2.39. The zero-order chi connectivity index (χ0) is 46.7. The molecule has 0 saturated carbocycles. The number of nitrogens with two attached hydrogens (primary N) is 1. The second kappa shape index (κ2) is 20.2. The molecule has 0 fully saturated rings. The Kier molecular flexibility index (Phi) is 15.4. The van der Waals surface area contributed by atoms with Crippen LogP contribution in [0.5, 0.6) is 0 Å². The van der Waals surface area contributed by atoms with Gasteiger partial charge in [0.15, 0.2) is 0 Å². The molecule has 0 unspecified atom stereocenters. The monoisotopic (exact) mass is 990 g/mol. The molecule has 12 nitrogen and oxygen atoms in total. The molecule has 0 spiro atoms. The molecule has 3 amide bonds. The van der Waals surface area contributed by atoms with Gasteiger partial charge in [-0.15, -0.1) is 56.9 Å². The molecule has 0 radical (unpaired) electrons. The summed E-state index contributed by atoms with van der Waals surface area (Å²) in [5.74, 6) is -0.643. The van der Waals surface area contributed by atoms with Crippen LogP contribution in [-0.2, 0) is 45.0 Å². The summed E-state index contributed by atoms with van der Waals surface area (Å²) >= 11 is 15.8. The Morgan fingerprint density at radius 3 is 1.70 bits per heavy atom. The Bertz CT molecular complexity index is 2740. The van der Waals surface area contributed by atoms with Gasteiger partial charge in [-0.3, -0.25) is 9.59 Å². The highest BCUT2D eigenvalue weighted by molar-refractivity contribution is 7.23. The van der Waals surface area contributed by atoms with Crippen molar-refractivity contribution in [2.45, 2.75) is 85.1 Å². The number of fused-ring (bicyclic) bond motifs is 4. The molecule has 2 aliphatic heterocycles. The molecule has 2 aromatic carbocycles. The first kappa shape index (κ1) is 48.7. The molecule has 0 bridgehead atoms. The van der Waals surface area contributed by atoms with Crippen LogP contribution in [0.4, 0.5) is 28.4 Å². The lowest BCUT2D eigenvalue weighted by molar-refractivity contribution is -0.112. The van der Waals surface area contributed by atoms with Gasteiger partial charge < -0.3 is 30.3 Å². The maximum absolute atomic E-state index is 13.6. The Balaban J connectivity index is 0.000000190. The summed E-state index contributed by atoms with van der Waals surface area (Å²) in [7, 11) is 0. The van der Waals surface area contributed by atoms with Crippen molar-refractivity contribution < 1.29 is 37.4 Å². The number of alkyl halides is 1. The van der Waals surface area contributed by atoms with Crippen molar-refractivity contribution >= 4 is 122 Å². The molecule has 0 saturated heterocycles. The number of benzene rings is 2. The minimum Gasteiger partial charge on any atom is -0.444 e. The highest BCUT2D eigenvalue weighted by atomic mass is 35.5. The number of anilines is 2. The maximum Gasteiger partial charge on any atom is 0.410 e. The molecular weight excluding hydrogens is 946 g/mol. The number of rotatable bonds is 6. The molecule has 2 aliphatic rings. The number of carbonyl (C=O) groups is 4. The number of nitrogen functional groups attached to an aromatic ring is 1. The molecular formula is C44H46Cl2F2N6O6S4. The number of ether oxygens (including phenoxy) is 2. The lowest BCUT2D eigenvalue weighted by Gasteiger charge is -2.30. The Hall–Kier alpha value is -4.72. The number of hydrogen-bond acceptors (Lipinski definition) is 13. The largest absolute Gasteiger partial charge is 0.444 e. The Morgan fingerprint density at radius 1 is 0.797 bits per heavy atom. The number of thiazole rings is 2. The van der Waals surface area contributed by atoms with Crippen molar-refractivity contribution in [1.82, 2.24) is 19.8 Å². The second-order valence-corrected chi connectivity index (χ2v) is 21.6. The van der Waals surface area contributed by atoms with E-state index in [2.05, 4.69) is 21.9 Å². The van der Waals surface area contributed by atoms with Crippen LogP contribution in [0.1, 0.15) is 68.8 Å². The van der Waals surface area contributed by atoms with Gasteiger partial charge in [0.2, 0.25) is 11.1 Å². The molecule has 3 N–H and O–H groups in total. The fraction of sp³-hybridized carbons (Fsp3) is 0.364. The van der Waals surface area contributed by atoms with E-state index in [1.807, 2.05) is 41.5 Å². The lowest BCUT2D eigenvalue weighted by atomic mass is 10.0. The second-order valence-electron chi connectivity index (χ2n) is 16.5. The highest BCUT2D eigenvalue weighted by Gasteiger charge is 2.33. The predicted octanol–water partition coefficient (Wildman–Crippen LogP) is 12.0. The van der Waals surface area contributed by atoms with E-state index in [4.69, 9.17) is 38.4 Å². The zero-order valence-corrected chi connectivity index (χ0v) is 40.6. The number of thiophene rings is 2. The maximum atomic E-state index is 13.6. The first-order valence-corrected chi connectivity index (χ1v) is 24.1. The van der Waals surface area contributed by atoms with Gasteiger partial charge in [0, 0.05) is 58.4 Å². The van der Waals surface area contributed by atoms with Gasteiger partial charge in [-0.05, 0) is 107 Å². The van der Waals surface area contributed by atoms with Crippen molar-refractivity contribution in [2.24, 2.45) is 0 Å². The van der Waals surface area contributed by atoms with E-state index in [0.717, 1.165) is 46.4 Å². The first-order chi connectivity index (χ1) is 30.1. The van der Waals surface area contributed by atoms with Gasteiger partial charge in [-0.25, -0.2) is 28.3 Å². The van der Waals surface area contributed by atoms with E-state index < -0.39 is 11.2 Å². The van der Waals surface area contributed by atoms with Crippen molar-refractivity contribution in [3.8, 4) is 21.1 Å². The molecule has 6 aromatic rings. The average Bonchev–Trinajstić information content (AvgIpc) is 3.97. The quantitative estimate of drug-likeness (QED) is 0.0941. The summed E-state index contributed by atoms with van der Waals surface area (Å²) in [5.41, 5.74) is 10.4. The predicted molar refractivity (Wildman–Crippen MR) is 256 cm³/mol. The van der Waals surface area contributed by atoms with Crippen LogP contribution in [0.25, 0.3) is 41.6 Å². The van der Waals surface area contributed by atoms with Crippen LogP contribution in [0.3, 0.4) is 0 Å². The van der Waals surface area contributed by atoms with Crippen molar-refractivity contribution in [2.75, 3.05) is 30.0 Å². The molecule has 0 aliphatic carbocycles. The van der Waals surface area contributed by atoms with Gasteiger partial charge >= 0.3 is 12.2 Å². The van der Waals surface area contributed by atoms with Gasteiger partial charge in [-0.2, -0.15) is 0 Å². The van der Waals surface area contributed by atoms with Crippen LogP contribution in [-0.4, -0.2) is 73.3 Å². The number of amides is 3. The number of halogens is 4. The van der Waals surface area contributed by atoms with Gasteiger partial charge in [0.25, 0.3) is 0 Å². The molecule has 6 heterocycles. The molecule has 0 atom stereocenters.